The lowest BCUT2D eigenvalue weighted by Crippen LogP contribution is -2.30. The molecule has 0 aromatic heterocycles. The smallest absolute Gasteiger partial charge is 0.201 e. The summed E-state index contributed by atoms with van der Waals surface area (Å²) in [6.45, 7) is 2.02. The molecule has 0 radical (unpaired) electrons. The van der Waals surface area contributed by atoms with Crippen molar-refractivity contribution in [3.05, 3.63) is 35.9 Å². The highest BCUT2D eigenvalue weighted by Crippen LogP contribution is 2.26. The molecule has 1 heterocycles. The Morgan fingerprint density at radius 1 is 1.40 bits per heavy atom. The number of hydrogen-bond donors (Lipinski definition) is 0. The minimum atomic E-state index is -0.309. The predicted octanol–water partition coefficient (Wildman–Crippen LogP) is 2.74. The van der Waals surface area contributed by atoms with Gasteiger partial charge in [-0.1, -0.05) is 30.3 Å². The van der Waals surface area contributed by atoms with Crippen molar-refractivity contribution in [2.24, 2.45) is 0 Å². The minimum absolute atomic E-state index is 0.0900. The normalized spacial score (nSPS) is 26.2. The van der Waals surface area contributed by atoms with E-state index < -0.39 is 0 Å². The number of carbonyl (C=O) groups is 1. The number of thioether (sulfide) groups is 1. The SMILES string of the molecule is C[C@@H]1CCS[C@H](C(=O)c2ccccc2)O1. The zero-order valence-corrected chi connectivity index (χ0v) is 9.50. The summed E-state index contributed by atoms with van der Waals surface area (Å²) in [5.74, 6) is 1.09. The van der Waals surface area contributed by atoms with E-state index in [0.29, 0.717) is 0 Å². The van der Waals surface area contributed by atoms with Crippen molar-refractivity contribution in [3.63, 3.8) is 0 Å². The van der Waals surface area contributed by atoms with Crippen molar-refractivity contribution in [2.75, 3.05) is 5.75 Å². The van der Waals surface area contributed by atoms with Gasteiger partial charge in [0.05, 0.1) is 6.10 Å². The van der Waals surface area contributed by atoms with Crippen LogP contribution in [0.15, 0.2) is 30.3 Å². The number of ketones is 1. The summed E-state index contributed by atoms with van der Waals surface area (Å²) in [6.07, 6.45) is 1.23. The molecule has 2 rings (SSSR count). The molecule has 0 saturated carbocycles. The first-order valence-corrected chi connectivity index (χ1v) is 6.18. The standard InChI is InChI=1S/C12H14O2S/c1-9-7-8-15-12(14-9)11(13)10-5-3-2-4-6-10/h2-6,9,12H,7-8H2,1H3/t9-,12-/m1/s1. The molecule has 0 aliphatic carbocycles. The molecule has 0 bridgehead atoms. The Balaban J connectivity index is 2.08. The molecular formula is C12H14O2S. The maximum absolute atomic E-state index is 12.0. The van der Waals surface area contributed by atoms with E-state index in [1.807, 2.05) is 37.3 Å². The van der Waals surface area contributed by atoms with Gasteiger partial charge in [-0.2, -0.15) is 0 Å². The zero-order valence-electron chi connectivity index (χ0n) is 8.68. The number of ether oxygens (including phenoxy) is 1. The highest BCUT2D eigenvalue weighted by molar-refractivity contribution is 8.00. The van der Waals surface area contributed by atoms with E-state index in [1.54, 1.807) is 11.8 Å². The summed E-state index contributed by atoms with van der Waals surface area (Å²) in [5.41, 5.74) is 0.431. The van der Waals surface area contributed by atoms with E-state index in [0.717, 1.165) is 17.7 Å². The molecule has 1 saturated heterocycles. The summed E-state index contributed by atoms with van der Waals surface area (Å²) in [6, 6.07) is 9.35. The van der Waals surface area contributed by atoms with Crippen LogP contribution in [0, 0.1) is 0 Å². The summed E-state index contributed by atoms with van der Waals surface area (Å²) in [7, 11) is 0. The molecule has 2 atom stereocenters. The monoisotopic (exact) mass is 222 g/mol. The largest absolute Gasteiger partial charge is 0.356 e. The molecule has 15 heavy (non-hydrogen) atoms. The number of hydrogen-bond acceptors (Lipinski definition) is 3. The number of Topliss-reactive ketones (excluding diaryl/α,β-unsaturated/α-hetero) is 1. The number of carbonyl (C=O) groups excluding carboxylic acids is 1. The Kier molecular flexibility index (Phi) is 3.44. The van der Waals surface area contributed by atoms with Gasteiger partial charge in [0.15, 0.2) is 5.44 Å². The fourth-order valence-corrected chi connectivity index (χ4v) is 2.77. The number of benzene rings is 1. The molecule has 3 heteroatoms. The van der Waals surface area contributed by atoms with Crippen LogP contribution in [0.5, 0.6) is 0 Å². The van der Waals surface area contributed by atoms with E-state index in [1.165, 1.54) is 0 Å². The third-order valence-corrected chi connectivity index (χ3v) is 3.52. The van der Waals surface area contributed by atoms with Gasteiger partial charge in [0.25, 0.3) is 0 Å². The molecule has 1 fully saturated rings. The lowest BCUT2D eigenvalue weighted by Gasteiger charge is -2.26. The maximum atomic E-state index is 12.0. The van der Waals surface area contributed by atoms with Gasteiger partial charge in [0.1, 0.15) is 0 Å². The fraction of sp³-hybridized carbons (Fsp3) is 0.417. The van der Waals surface area contributed by atoms with Crippen LogP contribution in [-0.4, -0.2) is 23.1 Å². The van der Waals surface area contributed by atoms with Crippen molar-refractivity contribution < 1.29 is 9.53 Å². The van der Waals surface area contributed by atoms with E-state index in [4.69, 9.17) is 4.74 Å². The fourth-order valence-electron chi connectivity index (χ4n) is 1.54. The second kappa shape index (κ2) is 4.81. The van der Waals surface area contributed by atoms with Crippen LogP contribution in [0.1, 0.15) is 23.7 Å². The molecule has 1 aromatic carbocycles. The molecule has 2 nitrogen and oxygen atoms in total. The minimum Gasteiger partial charge on any atom is -0.356 e. The van der Waals surface area contributed by atoms with Crippen LogP contribution in [-0.2, 0) is 4.74 Å². The van der Waals surface area contributed by atoms with Gasteiger partial charge < -0.3 is 4.74 Å². The third-order valence-electron chi connectivity index (χ3n) is 2.42. The van der Waals surface area contributed by atoms with Crippen LogP contribution in [0.4, 0.5) is 0 Å². The van der Waals surface area contributed by atoms with Gasteiger partial charge in [-0.05, 0) is 19.1 Å². The Morgan fingerprint density at radius 3 is 2.80 bits per heavy atom. The van der Waals surface area contributed by atoms with Gasteiger partial charge in [-0.25, -0.2) is 0 Å². The van der Waals surface area contributed by atoms with Crippen molar-refractivity contribution in [1.29, 1.82) is 0 Å². The second-order valence-corrected chi connectivity index (χ2v) is 4.84. The van der Waals surface area contributed by atoms with Gasteiger partial charge in [-0.15, -0.1) is 11.8 Å². The topological polar surface area (TPSA) is 26.3 Å². The second-order valence-electron chi connectivity index (χ2n) is 3.67. The molecule has 1 aromatic rings. The van der Waals surface area contributed by atoms with Crippen molar-refractivity contribution in [3.8, 4) is 0 Å². The number of rotatable bonds is 2. The molecule has 0 spiro atoms. The van der Waals surface area contributed by atoms with Crippen LogP contribution < -0.4 is 0 Å². The summed E-state index contributed by atoms with van der Waals surface area (Å²) in [4.78, 5) is 12.0. The lowest BCUT2D eigenvalue weighted by atomic mass is 10.1. The van der Waals surface area contributed by atoms with Crippen LogP contribution in [0.2, 0.25) is 0 Å². The summed E-state index contributed by atoms with van der Waals surface area (Å²) < 4.78 is 5.62. The predicted molar refractivity (Wildman–Crippen MR) is 62.2 cm³/mol. The first kappa shape index (κ1) is 10.7. The Labute approximate surface area is 94.0 Å². The first-order chi connectivity index (χ1) is 7.27. The summed E-state index contributed by atoms with van der Waals surface area (Å²) >= 11 is 1.60. The Bertz CT molecular complexity index is 337. The molecule has 80 valence electrons. The maximum Gasteiger partial charge on any atom is 0.201 e. The summed E-state index contributed by atoms with van der Waals surface area (Å²) in [5, 5.41) is 0. The Morgan fingerprint density at radius 2 is 2.13 bits per heavy atom. The quantitative estimate of drug-likeness (QED) is 0.720. The molecule has 1 aliphatic rings. The van der Waals surface area contributed by atoms with Crippen molar-refractivity contribution in [1.82, 2.24) is 0 Å². The van der Waals surface area contributed by atoms with Gasteiger partial charge in [0, 0.05) is 5.56 Å². The van der Waals surface area contributed by atoms with Crippen LogP contribution >= 0.6 is 11.8 Å². The first-order valence-electron chi connectivity index (χ1n) is 5.13. The average molecular weight is 222 g/mol. The van der Waals surface area contributed by atoms with Gasteiger partial charge >= 0.3 is 0 Å². The highest BCUT2D eigenvalue weighted by Gasteiger charge is 2.26. The Hall–Kier alpha value is -0.800. The molecular weight excluding hydrogens is 208 g/mol. The van der Waals surface area contributed by atoms with E-state index in [2.05, 4.69) is 0 Å². The molecule has 0 unspecified atom stereocenters. The molecule has 0 N–H and O–H groups in total. The van der Waals surface area contributed by atoms with Crippen LogP contribution in [0.3, 0.4) is 0 Å². The van der Waals surface area contributed by atoms with Gasteiger partial charge in [-0.3, -0.25) is 4.79 Å². The van der Waals surface area contributed by atoms with Crippen molar-refractivity contribution >= 4 is 17.5 Å². The van der Waals surface area contributed by atoms with Crippen molar-refractivity contribution in [2.45, 2.75) is 24.9 Å². The highest BCUT2D eigenvalue weighted by atomic mass is 32.2. The third kappa shape index (κ3) is 2.61. The van der Waals surface area contributed by atoms with Gasteiger partial charge in [0.2, 0.25) is 5.78 Å². The van der Waals surface area contributed by atoms with Crippen LogP contribution in [0.25, 0.3) is 0 Å². The van der Waals surface area contributed by atoms with E-state index >= 15 is 0 Å². The lowest BCUT2D eigenvalue weighted by molar-refractivity contribution is 0.0337. The average Bonchev–Trinajstić information content (AvgIpc) is 2.29. The molecule has 1 aliphatic heterocycles. The molecule has 0 amide bonds. The van der Waals surface area contributed by atoms with E-state index in [9.17, 15) is 4.79 Å². The zero-order chi connectivity index (χ0) is 10.7. The van der Waals surface area contributed by atoms with E-state index in [-0.39, 0.29) is 17.3 Å².